The van der Waals surface area contributed by atoms with Crippen LogP contribution >= 0.6 is 0 Å². The Kier molecular flexibility index (Phi) is 5.47. The van der Waals surface area contributed by atoms with Gasteiger partial charge in [-0.25, -0.2) is 0 Å². The molecular weight excluding hydrogens is 246 g/mol. The summed E-state index contributed by atoms with van der Waals surface area (Å²) >= 11 is 0. The molecule has 1 aromatic rings. The topological polar surface area (TPSA) is 25.8 Å². The van der Waals surface area contributed by atoms with Crippen molar-refractivity contribution in [3.05, 3.63) is 29.3 Å². The summed E-state index contributed by atoms with van der Waals surface area (Å²) in [6, 6.07) is 7.19. The van der Waals surface area contributed by atoms with Gasteiger partial charge in [0.2, 0.25) is 0 Å². The maximum Gasteiger partial charge on any atom is 0.137 e. The van der Waals surface area contributed by atoms with Crippen LogP contribution in [0.3, 0.4) is 0 Å². The van der Waals surface area contributed by atoms with Crippen LogP contribution in [0.4, 0.5) is 0 Å². The van der Waals surface area contributed by atoms with Crippen molar-refractivity contribution in [2.45, 2.75) is 53.0 Å². The fourth-order valence-electron chi connectivity index (χ4n) is 3.37. The van der Waals surface area contributed by atoms with Gasteiger partial charge in [0.1, 0.15) is 18.9 Å². The standard InChI is InChI=1S/C18H29NO/c1-13-8-9-18(15(3)12-13)20-11-10-19-17-7-5-6-14(2)16(17)4/h8-9,12,14,16-17,19H,5-7,10-11H2,1-4H3/p+1/t14-,16+,17-/m1/s1. The Labute approximate surface area is 123 Å². The summed E-state index contributed by atoms with van der Waals surface area (Å²) in [7, 11) is 0. The lowest BCUT2D eigenvalue weighted by Crippen LogP contribution is -2.92. The first-order valence-electron chi connectivity index (χ1n) is 8.11. The highest BCUT2D eigenvalue weighted by Crippen LogP contribution is 2.27. The molecule has 0 bridgehead atoms. The highest BCUT2D eigenvalue weighted by atomic mass is 16.5. The molecule has 2 N–H and O–H groups in total. The molecule has 2 nitrogen and oxygen atoms in total. The van der Waals surface area contributed by atoms with Crippen LogP contribution in [0, 0.1) is 25.7 Å². The third-order valence-corrected chi connectivity index (χ3v) is 4.95. The van der Waals surface area contributed by atoms with Crippen LogP contribution in [0.2, 0.25) is 0 Å². The molecule has 1 aliphatic carbocycles. The maximum atomic E-state index is 5.91. The summed E-state index contributed by atoms with van der Waals surface area (Å²) in [4.78, 5) is 0. The van der Waals surface area contributed by atoms with Gasteiger partial charge in [-0.05, 0) is 50.7 Å². The molecule has 0 heterocycles. The quantitative estimate of drug-likeness (QED) is 0.822. The Hall–Kier alpha value is -1.02. The zero-order valence-corrected chi connectivity index (χ0v) is 13.5. The van der Waals surface area contributed by atoms with Crippen molar-refractivity contribution >= 4 is 0 Å². The van der Waals surface area contributed by atoms with Crippen LogP contribution in [0.1, 0.15) is 44.2 Å². The third kappa shape index (κ3) is 3.99. The largest absolute Gasteiger partial charge is 0.487 e. The molecule has 0 radical (unpaired) electrons. The number of ether oxygens (including phenoxy) is 1. The van der Waals surface area contributed by atoms with Gasteiger partial charge in [0.25, 0.3) is 0 Å². The zero-order chi connectivity index (χ0) is 14.5. The molecule has 0 aliphatic heterocycles. The lowest BCUT2D eigenvalue weighted by Gasteiger charge is -2.32. The lowest BCUT2D eigenvalue weighted by molar-refractivity contribution is -0.699. The van der Waals surface area contributed by atoms with E-state index in [1.165, 1.54) is 30.4 Å². The summed E-state index contributed by atoms with van der Waals surface area (Å²) in [5.74, 6) is 2.75. The summed E-state index contributed by atoms with van der Waals surface area (Å²) in [5, 5.41) is 2.50. The van der Waals surface area contributed by atoms with Crippen LogP contribution in [0.5, 0.6) is 5.75 Å². The predicted octanol–water partition coefficient (Wildman–Crippen LogP) is 3.07. The van der Waals surface area contributed by atoms with Gasteiger partial charge in [-0.1, -0.05) is 31.5 Å². The SMILES string of the molecule is Cc1ccc(OCC[NH2+][C@@H]2CCC[C@@H](C)[C@@H]2C)c(C)c1. The monoisotopic (exact) mass is 276 g/mol. The summed E-state index contributed by atoms with van der Waals surface area (Å²) < 4.78 is 5.91. The Morgan fingerprint density at radius 1 is 1.20 bits per heavy atom. The molecule has 0 aromatic heterocycles. The van der Waals surface area contributed by atoms with Crippen LogP contribution in [-0.4, -0.2) is 19.2 Å². The fourth-order valence-corrected chi connectivity index (χ4v) is 3.37. The van der Waals surface area contributed by atoms with Crippen molar-refractivity contribution in [2.24, 2.45) is 11.8 Å². The molecule has 2 rings (SSSR count). The number of hydrogen-bond donors (Lipinski definition) is 1. The minimum Gasteiger partial charge on any atom is -0.487 e. The van der Waals surface area contributed by atoms with Crippen molar-refractivity contribution < 1.29 is 10.1 Å². The number of rotatable bonds is 5. The van der Waals surface area contributed by atoms with Crippen LogP contribution in [0.15, 0.2) is 18.2 Å². The molecule has 1 saturated carbocycles. The number of aryl methyl sites for hydroxylation is 2. The normalized spacial score (nSPS) is 26.5. The average Bonchev–Trinajstić information content (AvgIpc) is 2.41. The molecule has 1 aromatic carbocycles. The van der Waals surface area contributed by atoms with Crippen molar-refractivity contribution in [3.63, 3.8) is 0 Å². The Morgan fingerprint density at radius 2 is 2.00 bits per heavy atom. The van der Waals surface area contributed by atoms with Gasteiger partial charge in [-0.3, -0.25) is 0 Å². The van der Waals surface area contributed by atoms with Crippen LogP contribution in [-0.2, 0) is 0 Å². The van der Waals surface area contributed by atoms with Gasteiger partial charge in [0.15, 0.2) is 0 Å². The first-order valence-corrected chi connectivity index (χ1v) is 8.11. The van der Waals surface area contributed by atoms with E-state index in [-0.39, 0.29) is 0 Å². The van der Waals surface area contributed by atoms with E-state index in [1.54, 1.807) is 0 Å². The molecule has 0 amide bonds. The number of benzene rings is 1. The second kappa shape index (κ2) is 7.12. The van der Waals surface area contributed by atoms with Crippen molar-refractivity contribution in [1.29, 1.82) is 0 Å². The van der Waals surface area contributed by atoms with Crippen LogP contribution < -0.4 is 10.1 Å². The summed E-state index contributed by atoms with van der Waals surface area (Å²) in [5.41, 5.74) is 2.54. The van der Waals surface area contributed by atoms with E-state index in [2.05, 4.69) is 51.2 Å². The zero-order valence-electron chi connectivity index (χ0n) is 13.5. The molecule has 1 aliphatic rings. The van der Waals surface area contributed by atoms with Gasteiger partial charge >= 0.3 is 0 Å². The maximum absolute atomic E-state index is 5.91. The first-order chi connectivity index (χ1) is 9.58. The number of nitrogens with two attached hydrogens (primary N) is 1. The molecular formula is C18H30NO+. The predicted molar refractivity (Wildman–Crippen MR) is 84.2 cm³/mol. The molecule has 2 heteroatoms. The highest BCUT2D eigenvalue weighted by Gasteiger charge is 2.29. The third-order valence-electron chi connectivity index (χ3n) is 4.95. The summed E-state index contributed by atoms with van der Waals surface area (Å²) in [6.45, 7) is 10.9. The number of quaternary nitrogens is 1. The van der Waals surface area contributed by atoms with E-state index in [9.17, 15) is 0 Å². The van der Waals surface area contributed by atoms with Gasteiger partial charge in [-0.2, -0.15) is 0 Å². The van der Waals surface area contributed by atoms with E-state index >= 15 is 0 Å². The molecule has 0 saturated heterocycles. The van der Waals surface area contributed by atoms with Crippen molar-refractivity contribution in [2.75, 3.05) is 13.2 Å². The summed E-state index contributed by atoms with van der Waals surface area (Å²) in [6.07, 6.45) is 4.17. The van der Waals surface area contributed by atoms with E-state index < -0.39 is 0 Å². The second-order valence-corrected chi connectivity index (χ2v) is 6.57. The smallest absolute Gasteiger partial charge is 0.137 e. The van der Waals surface area contributed by atoms with Gasteiger partial charge < -0.3 is 10.1 Å². The molecule has 0 spiro atoms. The van der Waals surface area contributed by atoms with E-state index in [0.717, 1.165) is 36.8 Å². The Bertz CT molecular complexity index is 429. The van der Waals surface area contributed by atoms with Gasteiger partial charge in [0, 0.05) is 5.92 Å². The van der Waals surface area contributed by atoms with Crippen molar-refractivity contribution in [3.8, 4) is 5.75 Å². The minimum atomic E-state index is 0.793. The van der Waals surface area contributed by atoms with E-state index in [4.69, 9.17) is 4.74 Å². The first kappa shape index (κ1) is 15.4. The molecule has 112 valence electrons. The van der Waals surface area contributed by atoms with Crippen LogP contribution in [0.25, 0.3) is 0 Å². The Balaban J connectivity index is 1.73. The van der Waals surface area contributed by atoms with Gasteiger partial charge in [-0.15, -0.1) is 0 Å². The van der Waals surface area contributed by atoms with Crippen molar-refractivity contribution in [1.82, 2.24) is 0 Å². The minimum absolute atomic E-state index is 0.793. The van der Waals surface area contributed by atoms with Gasteiger partial charge in [0.05, 0.1) is 6.04 Å². The highest BCUT2D eigenvalue weighted by molar-refractivity contribution is 5.35. The van der Waals surface area contributed by atoms with E-state index in [1.807, 2.05) is 0 Å². The molecule has 3 atom stereocenters. The molecule has 1 fully saturated rings. The second-order valence-electron chi connectivity index (χ2n) is 6.57. The molecule has 0 unspecified atom stereocenters. The Morgan fingerprint density at radius 3 is 2.75 bits per heavy atom. The average molecular weight is 276 g/mol. The van der Waals surface area contributed by atoms with E-state index in [0.29, 0.717) is 0 Å². The number of hydrogen-bond acceptors (Lipinski definition) is 1. The molecule has 20 heavy (non-hydrogen) atoms. The fraction of sp³-hybridized carbons (Fsp3) is 0.667. The lowest BCUT2D eigenvalue weighted by atomic mass is 9.78.